The smallest absolute Gasteiger partial charge is 0.317 e. The van der Waals surface area contributed by atoms with Crippen molar-refractivity contribution in [2.75, 3.05) is 21.3 Å². The van der Waals surface area contributed by atoms with Crippen molar-refractivity contribution in [2.45, 2.75) is 6.42 Å². The molecule has 0 aliphatic heterocycles. The minimum Gasteiger partial charge on any atom is -0.496 e. The van der Waals surface area contributed by atoms with E-state index in [1.165, 1.54) is 27.4 Å². The topological polar surface area (TPSA) is 61.8 Å². The molecule has 0 unspecified atom stereocenters. The van der Waals surface area contributed by atoms with E-state index in [-0.39, 0.29) is 6.42 Å². The Kier molecular flexibility index (Phi) is 5.42. The average molecular weight is 262 g/mol. The Morgan fingerprint density at radius 3 is 2.42 bits per heavy atom. The van der Waals surface area contributed by atoms with Crippen molar-refractivity contribution in [3.63, 3.8) is 0 Å². The first-order valence-electron chi connectivity index (χ1n) is 5.43. The quantitative estimate of drug-likeness (QED) is 0.466. The van der Waals surface area contributed by atoms with Crippen LogP contribution in [-0.2, 0) is 9.53 Å². The van der Waals surface area contributed by atoms with Crippen LogP contribution < -0.4 is 9.47 Å². The Balaban J connectivity index is 3.11. The van der Waals surface area contributed by atoms with E-state index in [0.29, 0.717) is 28.9 Å². The molecule has 0 bridgehead atoms. The number of hydrogen-bond donors (Lipinski definition) is 0. The summed E-state index contributed by atoms with van der Waals surface area (Å²) in [7, 11) is 4.23. The molecule has 0 aliphatic carbocycles. The van der Waals surface area contributed by atoms with Crippen LogP contribution in [0.3, 0.4) is 0 Å². The second kappa shape index (κ2) is 7.07. The van der Waals surface area contributed by atoms with Crippen LogP contribution >= 0.6 is 0 Å². The number of rotatable bonds is 4. The van der Waals surface area contributed by atoms with Crippen LogP contribution in [0.1, 0.15) is 22.3 Å². The number of benzene rings is 1. The Bertz CT molecular complexity index is 537. The highest BCUT2D eigenvalue weighted by Gasteiger charge is 2.09. The van der Waals surface area contributed by atoms with Crippen LogP contribution in [0.2, 0.25) is 0 Å². The first-order valence-corrected chi connectivity index (χ1v) is 5.43. The predicted molar refractivity (Wildman–Crippen MR) is 68.4 cm³/mol. The fourth-order valence-corrected chi connectivity index (χ4v) is 1.39. The Labute approximate surface area is 111 Å². The number of carbonyl (C=O) groups excluding carboxylic acids is 2. The summed E-state index contributed by atoms with van der Waals surface area (Å²) in [5.74, 6) is 5.88. The molecule has 0 saturated carbocycles. The van der Waals surface area contributed by atoms with E-state index in [1.807, 2.05) is 0 Å². The number of aldehydes is 1. The summed E-state index contributed by atoms with van der Waals surface area (Å²) in [4.78, 5) is 21.8. The Hall–Kier alpha value is -2.48. The number of methoxy groups -OCH3 is 3. The SMILES string of the molecule is COC(=O)CC#Cc1cc(OC)c(C=O)cc1OC. The molecule has 1 aromatic rings. The number of ether oxygens (including phenoxy) is 3. The summed E-state index contributed by atoms with van der Waals surface area (Å²) < 4.78 is 14.7. The average Bonchev–Trinajstić information content (AvgIpc) is 2.46. The van der Waals surface area contributed by atoms with Gasteiger partial charge in [0.2, 0.25) is 0 Å². The van der Waals surface area contributed by atoms with Crippen molar-refractivity contribution in [1.29, 1.82) is 0 Å². The van der Waals surface area contributed by atoms with Crippen LogP contribution in [0, 0.1) is 11.8 Å². The van der Waals surface area contributed by atoms with Gasteiger partial charge in [0.15, 0.2) is 6.29 Å². The van der Waals surface area contributed by atoms with Crippen molar-refractivity contribution in [1.82, 2.24) is 0 Å². The van der Waals surface area contributed by atoms with E-state index in [2.05, 4.69) is 16.6 Å². The molecular weight excluding hydrogens is 248 g/mol. The van der Waals surface area contributed by atoms with E-state index < -0.39 is 5.97 Å². The molecule has 5 heteroatoms. The van der Waals surface area contributed by atoms with Gasteiger partial charge in [0.25, 0.3) is 0 Å². The fourth-order valence-electron chi connectivity index (χ4n) is 1.39. The number of hydrogen-bond acceptors (Lipinski definition) is 5. The van der Waals surface area contributed by atoms with E-state index in [4.69, 9.17) is 9.47 Å². The minimum atomic E-state index is -0.414. The second-order valence-electron chi connectivity index (χ2n) is 3.47. The molecule has 5 nitrogen and oxygen atoms in total. The standard InChI is InChI=1S/C14H14O5/c1-17-12-8-11(9-15)13(18-2)7-10(12)5-4-6-14(16)19-3/h7-9H,6H2,1-3H3. The first kappa shape index (κ1) is 14.6. The molecular formula is C14H14O5. The highest BCUT2D eigenvalue weighted by Crippen LogP contribution is 2.27. The summed E-state index contributed by atoms with van der Waals surface area (Å²) in [5.41, 5.74) is 0.909. The number of esters is 1. The lowest BCUT2D eigenvalue weighted by atomic mass is 10.1. The van der Waals surface area contributed by atoms with E-state index in [1.54, 1.807) is 6.07 Å². The van der Waals surface area contributed by atoms with Gasteiger partial charge >= 0.3 is 5.97 Å². The highest BCUT2D eigenvalue weighted by atomic mass is 16.5. The number of carbonyl (C=O) groups is 2. The van der Waals surface area contributed by atoms with Crippen molar-refractivity contribution < 1.29 is 23.8 Å². The van der Waals surface area contributed by atoms with Gasteiger partial charge in [-0.1, -0.05) is 11.8 Å². The van der Waals surface area contributed by atoms with E-state index >= 15 is 0 Å². The van der Waals surface area contributed by atoms with Gasteiger partial charge in [-0.25, -0.2) is 0 Å². The van der Waals surface area contributed by atoms with Gasteiger partial charge in [0.1, 0.15) is 17.9 Å². The van der Waals surface area contributed by atoms with Crippen LogP contribution in [-0.4, -0.2) is 33.6 Å². The molecule has 100 valence electrons. The molecule has 0 atom stereocenters. The molecule has 19 heavy (non-hydrogen) atoms. The predicted octanol–water partition coefficient (Wildman–Crippen LogP) is 1.43. The minimum absolute atomic E-state index is 0.0165. The van der Waals surface area contributed by atoms with Crippen LogP contribution in [0.25, 0.3) is 0 Å². The maximum absolute atomic E-state index is 11.0. The maximum atomic E-state index is 11.0. The molecule has 0 amide bonds. The summed E-state index contributed by atoms with van der Waals surface area (Å²) in [6.07, 6.45) is 0.657. The normalized spacial score (nSPS) is 9.00. The zero-order valence-electron chi connectivity index (χ0n) is 11.0. The Morgan fingerprint density at radius 2 is 1.89 bits per heavy atom. The lowest BCUT2D eigenvalue weighted by Crippen LogP contribution is -1.98. The molecule has 0 aliphatic rings. The maximum Gasteiger partial charge on any atom is 0.317 e. The highest BCUT2D eigenvalue weighted by molar-refractivity contribution is 5.81. The van der Waals surface area contributed by atoms with Gasteiger partial charge in [-0.15, -0.1) is 0 Å². The molecule has 0 fully saturated rings. The third-order valence-electron chi connectivity index (χ3n) is 2.36. The van der Waals surface area contributed by atoms with Gasteiger partial charge in [-0.05, 0) is 6.07 Å². The molecule has 0 radical (unpaired) electrons. The largest absolute Gasteiger partial charge is 0.496 e. The summed E-state index contributed by atoms with van der Waals surface area (Å²) in [6.45, 7) is 0. The van der Waals surface area contributed by atoms with Crippen molar-refractivity contribution in [3.8, 4) is 23.3 Å². The first-order chi connectivity index (χ1) is 9.15. The van der Waals surface area contributed by atoms with Gasteiger partial charge in [-0.3, -0.25) is 9.59 Å². The molecule has 0 saturated heterocycles. The third-order valence-corrected chi connectivity index (χ3v) is 2.36. The third kappa shape index (κ3) is 3.75. The van der Waals surface area contributed by atoms with Crippen LogP contribution in [0.5, 0.6) is 11.5 Å². The fraction of sp³-hybridized carbons (Fsp3) is 0.286. The molecule has 1 rings (SSSR count). The van der Waals surface area contributed by atoms with Gasteiger partial charge in [-0.2, -0.15) is 0 Å². The lowest BCUT2D eigenvalue weighted by Gasteiger charge is -2.08. The van der Waals surface area contributed by atoms with Gasteiger partial charge in [0, 0.05) is 6.07 Å². The second-order valence-corrected chi connectivity index (χ2v) is 3.47. The van der Waals surface area contributed by atoms with E-state index in [9.17, 15) is 9.59 Å². The molecule has 0 spiro atoms. The van der Waals surface area contributed by atoms with Crippen molar-refractivity contribution >= 4 is 12.3 Å². The summed E-state index contributed by atoms with van der Waals surface area (Å²) in [6, 6.07) is 3.13. The summed E-state index contributed by atoms with van der Waals surface area (Å²) >= 11 is 0. The lowest BCUT2D eigenvalue weighted by molar-refractivity contribution is -0.139. The van der Waals surface area contributed by atoms with E-state index in [0.717, 1.165) is 0 Å². The van der Waals surface area contributed by atoms with Crippen molar-refractivity contribution in [2.24, 2.45) is 0 Å². The Morgan fingerprint density at radius 1 is 1.21 bits per heavy atom. The monoisotopic (exact) mass is 262 g/mol. The molecule has 0 aromatic heterocycles. The zero-order valence-corrected chi connectivity index (χ0v) is 11.0. The van der Waals surface area contributed by atoms with Crippen molar-refractivity contribution in [3.05, 3.63) is 23.3 Å². The van der Waals surface area contributed by atoms with Crippen LogP contribution in [0.4, 0.5) is 0 Å². The zero-order chi connectivity index (χ0) is 14.3. The molecule has 0 heterocycles. The molecule has 0 N–H and O–H groups in total. The van der Waals surface area contributed by atoms with Gasteiger partial charge in [0.05, 0.1) is 32.5 Å². The summed E-state index contributed by atoms with van der Waals surface area (Å²) in [5, 5.41) is 0. The van der Waals surface area contributed by atoms with Crippen LogP contribution in [0.15, 0.2) is 12.1 Å². The molecule has 1 aromatic carbocycles. The van der Waals surface area contributed by atoms with Gasteiger partial charge < -0.3 is 14.2 Å².